The van der Waals surface area contributed by atoms with Gasteiger partial charge in [0.25, 0.3) is 0 Å². The van der Waals surface area contributed by atoms with Gasteiger partial charge in [-0.15, -0.1) is 0 Å². The third-order valence-electron chi connectivity index (χ3n) is 2.31. The number of amides is 1. The lowest BCUT2D eigenvalue weighted by molar-refractivity contribution is -0.125. The molecule has 1 N–H and O–H groups in total. The first-order chi connectivity index (χ1) is 7.49. The van der Waals surface area contributed by atoms with Crippen molar-refractivity contribution >= 4 is 17.7 Å². The normalized spacial score (nSPS) is 20.8. The molecule has 0 saturated carbocycles. The van der Waals surface area contributed by atoms with E-state index in [2.05, 4.69) is 5.32 Å². The average molecular weight is 253 g/mol. The summed E-state index contributed by atoms with van der Waals surface area (Å²) in [6.07, 6.45) is 6.31. The number of carbonyl (C=O) groups excluding carboxylic acids is 1. The Labute approximate surface area is 96.7 Å². The van der Waals surface area contributed by atoms with Gasteiger partial charge < -0.3 is 5.32 Å². The molecule has 0 saturated heterocycles. The van der Waals surface area contributed by atoms with E-state index >= 15 is 0 Å². The molecule has 1 rings (SSSR count). The van der Waals surface area contributed by atoms with Gasteiger partial charge >= 0.3 is 5.51 Å². The number of allylic oxidation sites excluding steroid dienone is 2. The Kier molecular flexibility index (Phi) is 5.18. The van der Waals surface area contributed by atoms with Crippen molar-refractivity contribution in [3.05, 3.63) is 12.2 Å². The first-order valence-electron chi connectivity index (χ1n) is 5.12. The molecule has 0 aromatic heterocycles. The monoisotopic (exact) mass is 253 g/mol. The molecule has 2 nitrogen and oxygen atoms in total. The predicted molar refractivity (Wildman–Crippen MR) is 58.0 cm³/mol. The number of alkyl halides is 3. The third-order valence-corrected chi connectivity index (χ3v) is 3.04. The maximum absolute atomic E-state index is 11.8. The highest BCUT2D eigenvalue weighted by Crippen LogP contribution is 2.29. The Morgan fingerprint density at radius 3 is 2.75 bits per heavy atom. The van der Waals surface area contributed by atoms with Gasteiger partial charge in [0.15, 0.2) is 0 Å². The van der Waals surface area contributed by atoms with Crippen LogP contribution >= 0.6 is 11.8 Å². The molecule has 92 valence electrons. The van der Waals surface area contributed by atoms with Crippen molar-refractivity contribution in [2.45, 2.75) is 24.8 Å². The Morgan fingerprint density at radius 2 is 2.19 bits per heavy atom. The molecule has 0 aromatic rings. The molecule has 0 heterocycles. The van der Waals surface area contributed by atoms with Crippen molar-refractivity contribution in [3.63, 3.8) is 0 Å². The van der Waals surface area contributed by atoms with Gasteiger partial charge in [0.2, 0.25) is 5.91 Å². The SMILES string of the molecule is O=C(NCCSC(F)(F)F)[C@H]1CC=CCC1. The van der Waals surface area contributed by atoms with E-state index in [0.29, 0.717) is 6.42 Å². The van der Waals surface area contributed by atoms with Gasteiger partial charge in [0.1, 0.15) is 0 Å². The van der Waals surface area contributed by atoms with Crippen molar-refractivity contribution in [1.82, 2.24) is 5.32 Å². The van der Waals surface area contributed by atoms with Crippen LogP contribution in [-0.4, -0.2) is 23.7 Å². The van der Waals surface area contributed by atoms with Crippen molar-refractivity contribution in [3.8, 4) is 0 Å². The number of carbonyl (C=O) groups is 1. The van der Waals surface area contributed by atoms with Crippen molar-refractivity contribution in [1.29, 1.82) is 0 Å². The fraction of sp³-hybridized carbons (Fsp3) is 0.700. The number of hydrogen-bond donors (Lipinski definition) is 1. The van der Waals surface area contributed by atoms with Gasteiger partial charge in [-0.25, -0.2) is 0 Å². The minimum absolute atomic E-state index is 0.0686. The van der Waals surface area contributed by atoms with Crippen LogP contribution in [0.5, 0.6) is 0 Å². The molecule has 16 heavy (non-hydrogen) atoms. The largest absolute Gasteiger partial charge is 0.441 e. The van der Waals surface area contributed by atoms with Crippen LogP contribution in [0, 0.1) is 5.92 Å². The fourth-order valence-corrected chi connectivity index (χ4v) is 1.95. The summed E-state index contributed by atoms with van der Waals surface area (Å²) >= 11 is -0.106. The number of halogens is 3. The molecule has 0 spiro atoms. The molecule has 0 radical (unpaired) electrons. The summed E-state index contributed by atoms with van der Waals surface area (Å²) in [6.45, 7) is 0.0726. The Hall–Kier alpha value is -0.650. The van der Waals surface area contributed by atoms with E-state index in [1.807, 2.05) is 12.2 Å². The highest BCUT2D eigenvalue weighted by Gasteiger charge is 2.27. The number of hydrogen-bond acceptors (Lipinski definition) is 2. The van der Waals surface area contributed by atoms with Crippen LogP contribution in [0.1, 0.15) is 19.3 Å². The Bertz CT molecular complexity index is 265. The Balaban J connectivity index is 2.13. The molecule has 0 aliphatic heterocycles. The van der Waals surface area contributed by atoms with E-state index in [0.717, 1.165) is 12.8 Å². The lowest BCUT2D eigenvalue weighted by Gasteiger charge is -2.17. The standard InChI is InChI=1S/C10H14F3NOS/c11-10(12,13)16-7-6-14-9(15)8-4-2-1-3-5-8/h1-2,8H,3-7H2,(H,14,15)/t8-/m0/s1. The summed E-state index contributed by atoms with van der Waals surface area (Å²) in [7, 11) is 0. The van der Waals surface area contributed by atoms with Gasteiger partial charge in [-0.3, -0.25) is 4.79 Å². The highest BCUT2D eigenvalue weighted by molar-refractivity contribution is 8.00. The minimum atomic E-state index is -4.21. The Morgan fingerprint density at radius 1 is 1.44 bits per heavy atom. The number of thioether (sulfide) groups is 1. The molecule has 6 heteroatoms. The number of rotatable bonds is 4. The molecular weight excluding hydrogens is 239 g/mol. The summed E-state index contributed by atoms with van der Waals surface area (Å²) in [5, 5.41) is 2.53. The quantitative estimate of drug-likeness (QED) is 0.616. The third kappa shape index (κ3) is 5.44. The molecule has 0 bridgehead atoms. The molecule has 0 aromatic carbocycles. The molecule has 0 unspecified atom stereocenters. The van der Waals surface area contributed by atoms with Gasteiger partial charge in [-0.05, 0) is 31.0 Å². The van der Waals surface area contributed by atoms with Crippen LogP contribution in [-0.2, 0) is 4.79 Å². The van der Waals surface area contributed by atoms with Crippen LogP contribution in [0.15, 0.2) is 12.2 Å². The summed E-state index contributed by atoms with van der Waals surface area (Å²) in [5.74, 6) is -0.328. The highest BCUT2D eigenvalue weighted by atomic mass is 32.2. The predicted octanol–water partition coefficient (Wildman–Crippen LogP) is 2.71. The van der Waals surface area contributed by atoms with Gasteiger partial charge in [0.05, 0.1) is 0 Å². The summed E-state index contributed by atoms with van der Waals surface area (Å²) < 4.78 is 35.3. The second kappa shape index (κ2) is 6.18. The maximum Gasteiger partial charge on any atom is 0.441 e. The molecular formula is C10H14F3NOS. The van der Waals surface area contributed by atoms with Crippen LogP contribution in [0.2, 0.25) is 0 Å². The zero-order chi connectivity index (χ0) is 12.0. The second-order valence-electron chi connectivity index (χ2n) is 3.57. The second-order valence-corrected chi connectivity index (χ2v) is 4.73. The zero-order valence-corrected chi connectivity index (χ0v) is 9.53. The fourth-order valence-electron chi connectivity index (χ4n) is 1.52. The van der Waals surface area contributed by atoms with Gasteiger partial charge in [-0.1, -0.05) is 12.2 Å². The first-order valence-corrected chi connectivity index (χ1v) is 6.11. The molecule has 0 fully saturated rings. The van der Waals surface area contributed by atoms with Crippen LogP contribution in [0.25, 0.3) is 0 Å². The van der Waals surface area contributed by atoms with Crippen molar-refractivity contribution < 1.29 is 18.0 Å². The van der Waals surface area contributed by atoms with E-state index in [9.17, 15) is 18.0 Å². The van der Waals surface area contributed by atoms with E-state index in [1.54, 1.807) is 0 Å². The van der Waals surface area contributed by atoms with E-state index in [1.165, 1.54) is 0 Å². The van der Waals surface area contributed by atoms with Crippen molar-refractivity contribution in [2.75, 3.05) is 12.3 Å². The summed E-state index contributed by atoms with van der Waals surface area (Å²) in [6, 6.07) is 0. The van der Waals surface area contributed by atoms with Gasteiger partial charge in [0, 0.05) is 18.2 Å². The average Bonchev–Trinajstić information content (AvgIpc) is 2.24. The van der Waals surface area contributed by atoms with Crippen LogP contribution < -0.4 is 5.32 Å². The molecule has 1 atom stereocenters. The maximum atomic E-state index is 11.8. The van der Waals surface area contributed by atoms with Crippen LogP contribution in [0.3, 0.4) is 0 Å². The molecule has 1 amide bonds. The first kappa shape index (κ1) is 13.4. The van der Waals surface area contributed by atoms with E-state index in [4.69, 9.17) is 0 Å². The van der Waals surface area contributed by atoms with Gasteiger partial charge in [-0.2, -0.15) is 13.2 Å². The summed E-state index contributed by atoms with van der Waals surface area (Å²) in [5.41, 5.74) is -4.21. The smallest absolute Gasteiger partial charge is 0.355 e. The number of nitrogens with one attached hydrogen (secondary N) is 1. The van der Waals surface area contributed by atoms with E-state index in [-0.39, 0.29) is 35.9 Å². The van der Waals surface area contributed by atoms with Crippen molar-refractivity contribution in [2.24, 2.45) is 5.92 Å². The lowest BCUT2D eigenvalue weighted by atomic mass is 9.94. The topological polar surface area (TPSA) is 29.1 Å². The summed E-state index contributed by atoms with van der Waals surface area (Å²) in [4.78, 5) is 11.5. The minimum Gasteiger partial charge on any atom is -0.355 e. The molecule has 1 aliphatic carbocycles. The lowest BCUT2D eigenvalue weighted by Crippen LogP contribution is -2.33. The van der Waals surface area contributed by atoms with Crippen LogP contribution in [0.4, 0.5) is 13.2 Å². The zero-order valence-electron chi connectivity index (χ0n) is 8.72. The van der Waals surface area contributed by atoms with E-state index < -0.39 is 5.51 Å². The molecule has 1 aliphatic rings.